The second-order valence-electron chi connectivity index (χ2n) is 5.88. The number of hydrogen-bond donors (Lipinski definition) is 1. The average Bonchev–Trinajstić information content (AvgIpc) is 2.90. The lowest BCUT2D eigenvalue weighted by molar-refractivity contribution is 0.0996. The first-order valence-electron chi connectivity index (χ1n) is 7.54. The van der Waals surface area contributed by atoms with E-state index in [1.165, 1.54) is 5.56 Å². The molecule has 1 aliphatic heterocycles. The van der Waals surface area contributed by atoms with Crippen molar-refractivity contribution >= 4 is 27.7 Å². The standard InChI is InChI=1S/C19H13N3O/c20-19(23)15-9-14-13-7-3-4-8-16(13)22-10-11-5-1-2-6-12(11)17(21-15)18(14)22/h1-9H,10H2,(H2,20,23). The lowest BCUT2D eigenvalue weighted by Crippen LogP contribution is -2.15. The summed E-state index contributed by atoms with van der Waals surface area (Å²) in [4.78, 5) is 16.3. The first kappa shape index (κ1) is 12.4. The Balaban J connectivity index is 2.05. The van der Waals surface area contributed by atoms with Gasteiger partial charge in [-0.2, -0.15) is 0 Å². The molecular weight excluding hydrogens is 286 g/mol. The topological polar surface area (TPSA) is 60.9 Å². The molecule has 5 rings (SSSR count). The van der Waals surface area contributed by atoms with E-state index in [-0.39, 0.29) is 0 Å². The van der Waals surface area contributed by atoms with Crippen LogP contribution >= 0.6 is 0 Å². The third-order valence-electron chi connectivity index (χ3n) is 4.60. The maximum atomic E-state index is 11.7. The molecule has 0 bridgehead atoms. The SMILES string of the molecule is NC(=O)c1cc2c3ccccc3n3c2c(n1)-c1ccccc1C3. The summed E-state index contributed by atoms with van der Waals surface area (Å²) in [6.45, 7) is 0.810. The third-order valence-corrected chi connectivity index (χ3v) is 4.60. The van der Waals surface area contributed by atoms with Crippen molar-refractivity contribution in [3.05, 3.63) is 65.9 Å². The Kier molecular flexibility index (Phi) is 2.26. The fraction of sp³-hybridized carbons (Fsp3) is 0.0526. The molecule has 0 saturated heterocycles. The van der Waals surface area contributed by atoms with Crippen molar-refractivity contribution in [2.75, 3.05) is 0 Å². The number of nitrogens with two attached hydrogens (primary N) is 1. The Bertz CT molecular complexity index is 1120. The van der Waals surface area contributed by atoms with Crippen LogP contribution in [0.1, 0.15) is 16.1 Å². The molecule has 2 N–H and O–H groups in total. The molecule has 2 aromatic heterocycles. The Morgan fingerprint density at radius 2 is 1.83 bits per heavy atom. The molecule has 0 fully saturated rings. The van der Waals surface area contributed by atoms with Gasteiger partial charge in [0.1, 0.15) is 5.69 Å². The smallest absolute Gasteiger partial charge is 0.267 e. The number of carbonyl (C=O) groups is 1. The van der Waals surface area contributed by atoms with Crippen LogP contribution in [-0.4, -0.2) is 15.5 Å². The van der Waals surface area contributed by atoms with E-state index < -0.39 is 5.91 Å². The average molecular weight is 299 g/mol. The van der Waals surface area contributed by atoms with Crippen molar-refractivity contribution in [2.45, 2.75) is 6.54 Å². The highest BCUT2D eigenvalue weighted by molar-refractivity contribution is 6.14. The summed E-state index contributed by atoms with van der Waals surface area (Å²) in [6.07, 6.45) is 0. The number of aromatic nitrogens is 2. The van der Waals surface area contributed by atoms with E-state index in [0.717, 1.165) is 39.6 Å². The van der Waals surface area contributed by atoms with Gasteiger partial charge < -0.3 is 10.3 Å². The van der Waals surface area contributed by atoms with Crippen LogP contribution in [0.5, 0.6) is 0 Å². The van der Waals surface area contributed by atoms with Crippen LogP contribution in [0.25, 0.3) is 33.1 Å². The fourth-order valence-electron chi connectivity index (χ4n) is 3.61. The number of primary amides is 1. The maximum Gasteiger partial charge on any atom is 0.267 e. The summed E-state index contributed by atoms with van der Waals surface area (Å²) < 4.78 is 2.28. The zero-order valence-electron chi connectivity index (χ0n) is 12.3. The highest BCUT2D eigenvalue weighted by atomic mass is 16.1. The van der Waals surface area contributed by atoms with E-state index in [0.29, 0.717) is 5.69 Å². The Morgan fingerprint density at radius 3 is 2.70 bits per heavy atom. The molecule has 4 nitrogen and oxygen atoms in total. The van der Waals surface area contributed by atoms with Gasteiger partial charge in [0.25, 0.3) is 5.91 Å². The summed E-state index contributed by atoms with van der Waals surface area (Å²) in [7, 11) is 0. The van der Waals surface area contributed by atoms with Gasteiger partial charge in [0.15, 0.2) is 0 Å². The zero-order valence-corrected chi connectivity index (χ0v) is 12.3. The van der Waals surface area contributed by atoms with Crippen LogP contribution in [0.4, 0.5) is 0 Å². The van der Waals surface area contributed by atoms with Gasteiger partial charge >= 0.3 is 0 Å². The number of para-hydroxylation sites is 1. The second kappa shape index (κ2) is 4.20. The normalized spacial score (nSPS) is 12.5. The fourth-order valence-corrected chi connectivity index (χ4v) is 3.61. The molecule has 1 aliphatic rings. The number of pyridine rings is 1. The Morgan fingerprint density at radius 1 is 1.04 bits per heavy atom. The minimum atomic E-state index is -0.497. The molecule has 1 amide bonds. The van der Waals surface area contributed by atoms with Crippen molar-refractivity contribution in [1.82, 2.24) is 9.55 Å². The van der Waals surface area contributed by atoms with Crippen molar-refractivity contribution in [3.63, 3.8) is 0 Å². The van der Waals surface area contributed by atoms with Gasteiger partial charge in [-0.25, -0.2) is 4.98 Å². The molecule has 110 valence electrons. The molecule has 0 atom stereocenters. The summed E-state index contributed by atoms with van der Waals surface area (Å²) in [5.41, 5.74) is 11.2. The van der Waals surface area contributed by atoms with Gasteiger partial charge in [-0.15, -0.1) is 0 Å². The predicted molar refractivity (Wildman–Crippen MR) is 90.3 cm³/mol. The first-order chi connectivity index (χ1) is 11.2. The van der Waals surface area contributed by atoms with Gasteiger partial charge in [0.05, 0.1) is 11.2 Å². The largest absolute Gasteiger partial charge is 0.364 e. The van der Waals surface area contributed by atoms with Gasteiger partial charge in [-0.05, 0) is 17.7 Å². The Labute approximate surface area is 132 Å². The molecule has 2 aromatic carbocycles. The highest BCUT2D eigenvalue weighted by Crippen LogP contribution is 2.40. The molecule has 23 heavy (non-hydrogen) atoms. The summed E-state index contributed by atoms with van der Waals surface area (Å²) in [5, 5.41) is 2.16. The quantitative estimate of drug-likeness (QED) is 0.516. The van der Waals surface area contributed by atoms with Crippen molar-refractivity contribution in [1.29, 1.82) is 0 Å². The van der Waals surface area contributed by atoms with E-state index in [2.05, 4.69) is 33.8 Å². The van der Waals surface area contributed by atoms with E-state index in [4.69, 9.17) is 5.73 Å². The first-order valence-corrected chi connectivity index (χ1v) is 7.54. The lowest BCUT2D eigenvalue weighted by Gasteiger charge is -2.19. The van der Waals surface area contributed by atoms with E-state index in [1.807, 2.05) is 30.3 Å². The third kappa shape index (κ3) is 1.55. The number of nitrogens with zero attached hydrogens (tertiary/aromatic N) is 2. The van der Waals surface area contributed by atoms with Crippen molar-refractivity contribution in [2.24, 2.45) is 5.73 Å². The van der Waals surface area contributed by atoms with Crippen LogP contribution < -0.4 is 5.73 Å². The molecule has 4 aromatic rings. The highest BCUT2D eigenvalue weighted by Gasteiger charge is 2.24. The number of hydrogen-bond acceptors (Lipinski definition) is 2. The van der Waals surface area contributed by atoms with Crippen molar-refractivity contribution in [3.8, 4) is 11.3 Å². The predicted octanol–water partition coefficient (Wildman–Crippen LogP) is 3.32. The minimum absolute atomic E-state index is 0.312. The van der Waals surface area contributed by atoms with Gasteiger partial charge in [0.2, 0.25) is 0 Å². The lowest BCUT2D eigenvalue weighted by atomic mass is 9.99. The molecule has 0 aliphatic carbocycles. The van der Waals surface area contributed by atoms with Crippen LogP contribution in [0.15, 0.2) is 54.6 Å². The van der Waals surface area contributed by atoms with Crippen LogP contribution in [0.2, 0.25) is 0 Å². The minimum Gasteiger partial charge on any atom is -0.364 e. The molecule has 0 spiro atoms. The molecule has 0 radical (unpaired) electrons. The van der Waals surface area contributed by atoms with E-state index in [9.17, 15) is 4.79 Å². The maximum absolute atomic E-state index is 11.7. The van der Waals surface area contributed by atoms with Crippen LogP contribution in [0, 0.1) is 0 Å². The van der Waals surface area contributed by atoms with Crippen LogP contribution in [-0.2, 0) is 6.54 Å². The molecule has 4 heteroatoms. The van der Waals surface area contributed by atoms with E-state index in [1.54, 1.807) is 0 Å². The number of benzene rings is 2. The summed E-state index contributed by atoms with van der Waals surface area (Å²) >= 11 is 0. The molecule has 3 heterocycles. The van der Waals surface area contributed by atoms with Crippen LogP contribution in [0.3, 0.4) is 0 Å². The Hall–Kier alpha value is -3.14. The summed E-state index contributed by atoms with van der Waals surface area (Å²) in [6, 6.07) is 18.3. The van der Waals surface area contributed by atoms with Gasteiger partial charge in [-0.3, -0.25) is 4.79 Å². The zero-order chi connectivity index (χ0) is 15.6. The molecule has 0 unspecified atom stereocenters. The number of rotatable bonds is 1. The number of carbonyl (C=O) groups excluding carboxylic acids is 1. The monoisotopic (exact) mass is 299 g/mol. The molecular formula is C19H13N3O. The van der Waals surface area contributed by atoms with Crippen molar-refractivity contribution < 1.29 is 4.79 Å². The van der Waals surface area contributed by atoms with Gasteiger partial charge in [0, 0.05) is 28.4 Å². The number of amides is 1. The second-order valence-corrected chi connectivity index (χ2v) is 5.88. The molecule has 0 saturated carbocycles. The van der Waals surface area contributed by atoms with E-state index >= 15 is 0 Å². The number of fused-ring (bicyclic) bond motifs is 5. The summed E-state index contributed by atoms with van der Waals surface area (Å²) in [5.74, 6) is -0.497. The van der Waals surface area contributed by atoms with Gasteiger partial charge in [-0.1, -0.05) is 42.5 Å².